The van der Waals surface area contributed by atoms with E-state index in [2.05, 4.69) is 25.9 Å². The van der Waals surface area contributed by atoms with E-state index in [0.29, 0.717) is 12.5 Å². The van der Waals surface area contributed by atoms with Crippen LogP contribution in [-0.2, 0) is 9.09 Å². The monoisotopic (exact) mass is 220 g/mol. The van der Waals surface area contributed by atoms with Crippen LogP contribution in [0.3, 0.4) is 0 Å². The van der Waals surface area contributed by atoms with Crippen molar-refractivity contribution in [2.45, 2.75) is 20.8 Å². The first-order valence-electron chi connectivity index (χ1n) is 4.93. The molecule has 14 heavy (non-hydrogen) atoms. The molecule has 4 nitrogen and oxygen atoms in total. The van der Waals surface area contributed by atoms with Gasteiger partial charge in [-0.2, -0.15) is 0 Å². The SMILES string of the molecule is CN(C)P1(=O)NC[C@@H](C(C)(C)C)CO1. The molecule has 1 rings (SSSR count). The molecule has 1 heterocycles. The summed E-state index contributed by atoms with van der Waals surface area (Å²) in [5.74, 6) is 0.421. The molecular formula is C9H21N2O2P. The van der Waals surface area contributed by atoms with Gasteiger partial charge in [0.1, 0.15) is 0 Å². The van der Waals surface area contributed by atoms with Gasteiger partial charge in [0.15, 0.2) is 0 Å². The quantitative estimate of drug-likeness (QED) is 0.686. The van der Waals surface area contributed by atoms with Crippen molar-refractivity contribution >= 4 is 7.67 Å². The highest BCUT2D eigenvalue weighted by molar-refractivity contribution is 7.54. The Hall–Kier alpha value is 0.110. The van der Waals surface area contributed by atoms with Crippen molar-refractivity contribution in [1.29, 1.82) is 0 Å². The van der Waals surface area contributed by atoms with Crippen LogP contribution in [0.2, 0.25) is 0 Å². The summed E-state index contributed by atoms with van der Waals surface area (Å²) in [6, 6.07) is 0. The fraction of sp³-hybridized carbons (Fsp3) is 1.00. The van der Waals surface area contributed by atoms with Crippen LogP contribution in [0.25, 0.3) is 0 Å². The summed E-state index contributed by atoms with van der Waals surface area (Å²) < 4.78 is 19.1. The van der Waals surface area contributed by atoms with Gasteiger partial charge in [-0.15, -0.1) is 0 Å². The van der Waals surface area contributed by atoms with E-state index in [4.69, 9.17) is 4.52 Å². The zero-order chi connectivity index (χ0) is 11.0. The topological polar surface area (TPSA) is 41.6 Å². The van der Waals surface area contributed by atoms with Crippen molar-refractivity contribution in [3.05, 3.63) is 0 Å². The molecule has 5 heteroatoms. The maximum atomic E-state index is 12.0. The third-order valence-electron chi connectivity index (χ3n) is 2.74. The van der Waals surface area contributed by atoms with Gasteiger partial charge < -0.3 is 4.52 Å². The molecule has 0 bridgehead atoms. The second-order valence-electron chi connectivity index (χ2n) is 5.09. The summed E-state index contributed by atoms with van der Waals surface area (Å²) >= 11 is 0. The van der Waals surface area contributed by atoms with Crippen molar-refractivity contribution in [3.8, 4) is 0 Å². The maximum absolute atomic E-state index is 12.0. The highest BCUT2D eigenvalue weighted by Crippen LogP contribution is 2.48. The minimum atomic E-state index is -2.71. The molecular weight excluding hydrogens is 199 g/mol. The van der Waals surface area contributed by atoms with Gasteiger partial charge in [0.25, 0.3) is 0 Å². The molecule has 0 radical (unpaired) electrons. The Kier molecular flexibility index (Phi) is 3.42. The predicted molar refractivity (Wildman–Crippen MR) is 58.2 cm³/mol. The minimum Gasteiger partial charge on any atom is -0.306 e. The average Bonchev–Trinajstić information content (AvgIpc) is 2.03. The molecule has 1 saturated heterocycles. The van der Waals surface area contributed by atoms with E-state index in [0.717, 1.165) is 6.54 Å². The summed E-state index contributed by atoms with van der Waals surface area (Å²) in [6.45, 7) is 7.86. The number of rotatable bonds is 1. The van der Waals surface area contributed by atoms with Gasteiger partial charge in [-0.25, -0.2) is 9.76 Å². The Balaban J connectivity index is 2.59. The molecule has 0 amide bonds. The summed E-state index contributed by atoms with van der Waals surface area (Å²) in [6.07, 6.45) is 0. The van der Waals surface area contributed by atoms with E-state index in [9.17, 15) is 4.57 Å². The van der Waals surface area contributed by atoms with Crippen LogP contribution in [-0.4, -0.2) is 31.9 Å². The highest BCUT2D eigenvalue weighted by atomic mass is 31.2. The molecule has 0 saturated carbocycles. The number of nitrogens with zero attached hydrogens (tertiary/aromatic N) is 1. The third-order valence-corrected chi connectivity index (χ3v) is 4.87. The Morgan fingerprint density at radius 2 is 2.00 bits per heavy atom. The first-order valence-corrected chi connectivity index (χ1v) is 6.51. The fourth-order valence-corrected chi connectivity index (χ4v) is 2.77. The van der Waals surface area contributed by atoms with Gasteiger partial charge in [-0.3, -0.25) is 4.57 Å². The molecule has 0 aromatic heterocycles. The van der Waals surface area contributed by atoms with Gasteiger partial charge in [-0.1, -0.05) is 20.8 Å². The van der Waals surface area contributed by atoms with Gasteiger partial charge in [0, 0.05) is 12.5 Å². The van der Waals surface area contributed by atoms with Gasteiger partial charge >= 0.3 is 7.67 Å². The standard InChI is InChI=1S/C9H21N2O2P/c1-9(2,3)8-6-10-14(12,11(4)5)13-7-8/h8H,6-7H2,1-5H3,(H,10,12)/t8-,14?/m1/s1. The Morgan fingerprint density at radius 3 is 2.29 bits per heavy atom. The van der Waals surface area contributed by atoms with Crippen LogP contribution in [0.1, 0.15) is 20.8 Å². The first-order chi connectivity index (χ1) is 6.26. The zero-order valence-electron chi connectivity index (χ0n) is 9.70. The molecule has 2 atom stereocenters. The first kappa shape index (κ1) is 12.2. The van der Waals surface area contributed by atoms with Crippen LogP contribution in [0, 0.1) is 11.3 Å². The summed E-state index contributed by atoms with van der Waals surface area (Å²) in [4.78, 5) is 0. The van der Waals surface area contributed by atoms with Crippen molar-refractivity contribution in [3.63, 3.8) is 0 Å². The van der Waals surface area contributed by atoms with Crippen LogP contribution in [0.5, 0.6) is 0 Å². The molecule has 1 unspecified atom stereocenters. The van der Waals surface area contributed by atoms with E-state index in [1.54, 1.807) is 18.8 Å². The highest BCUT2D eigenvalue weighted by Gasteiger charge is 2.37. The summed E-state index contributed by atoms with van der Waals surface area (Å²) in [5, 5.41) is 3.01. The van der Waals surface area contributed by atoms with Crippen molar-refractivity contribution in [2.24, 2.45) is 11.3 Å². The molecule has 1 fully saturated rings. The van der Waals surface area contributed by atoms with Gasteiger partial charge in [0.05, 0.1) is 6.61 Å². The van der Waals surface area contributed by atoms with E-state index < -0.39 is 7.67 Å². The molecule has 0 aromatic carbocycles. The number of nitrogens with one attached hydrogen (secondary N) is 1. The number of hydrogen-bond donors (Lipinski definition) is 1. The maximum Gasteiger partial charge on any atom is 0.342 e. The molecule has 1 aliphatic heterocycles. The lowest BCUT2D eigenvalue weighted by Gasteiger charge is -2.38. The molecule has 0 aliphatic carbocycles. The van der Waals surface area contributed by atoms with Crippen molar-refractivity contribution in [2.75, 3.05) is 27.2 Å². The lowest BCUT2D eigenvalue weighted by atomic mass is 9.81. The fourth-order valence-electron chi connectivity index (χ4n) is 1.33. The second kappa shape index (κ2) is 3.93. The molecule has 0 spiro atoms. The lowest BCUT2D eigenvalue weighted by Crippen LogP contribution is -2.41. The van der Waals surface area contributed by atoms with E-state index in [-0.39, 0.29) is 5.41 Å². The third kappa shape index (κ3) is 2.57. The smallest absolute Gasteiger partial charge is 0.306 e. The van der Waals surface area contributed by atoms with Gasteiger partial charge in [0.2, 0.25) is 0 Å². The van der Waals surface area contributed by atoms with Crippen LogP contribution < -0.4 is 5.09 Å². The largest absolute Gasteiger partial charge is 0.342 e. The Bertz CT molecular complexity index is 236. The lowest BCUT2D eigenvalue weighted by molar-refractivity contribution is 0.117. The number of hydrogen-bond acceptors (Lipinski definition) is 2. The summed E-state index contributed by atoms with van der Waals surface area (Å²) in [5.41, 5.74) is 0.199. The summed E-state index contributed by atoms with van der Waals surface area (Å²) in [7, 11) is 0.829. The van der Waals surface area contributed by atoms with Crippen molar-refractivity contribution < 1.29 is 9.09 Å². The molecule has 84 valence electrons. The zero-order valence-corrected chi connectivity index (χ0v) is 10.6. The van der Waals surface area contributed by atoms with Crippen LogP contribution >= 0.6 is 7.67 Å². The van der Waals surface area contributed by atoms with Crippen LogP contribution in [0.15, 0.2) is 0 Å². The Labute approximate surface area is 86.6 Å². The van der Waals surface area contributed by atoms with Gasteiger partial charge in [-0.05, 0) is 19.5 Å². The predicted octanol–water partition coefficient (Wildman–Crippen LogP) is 1.94. The van der Waals surface area contributed by atoms with E-state index >= 15 is 0 Å². The molecule has 1 N–H and O–H groups in total. The second-order valence-corrected chi connectivity index (χ2v) is 7.50. The minimum absolute atomic E-state index is 0.199. The average molecular weight is 220 g/mol. The van der Waals surface area contributed by atoms with E-state index in [1.807, 2.05) is 0 Å². The molecule has 0 aromatic rings. The molecule has 1 aliphatic rings. The van der Waals surface area contributed by atoms with Crippen molar-refractivity contribution in [1.82, 2.24) is 9.76 Å². The Morgan fingerprint density at radius 1 is 1.43 bits per heavy atom. The van der Waals surface area contributed by atoms with E-state index in [1.165, 1.54) is 0 Å². The van der Waals surface area contributed by atoms with Crippen LogP contribution in [0.4, 0.5) is 0 Å². The normalized spacial score (nSPS) is 34.9.